The first kappa shape index (κ1) is 24.8. The summed E-state index contributed by atoms with van der Waals surface area (Å²) in [6.45, 7) is 2.02. The van der Waals surface area contributed by atoms with Gasteiger partial charge in [0.05, 0.1) is 47.3 Å². The summed E-state index contributed by atoms with van der Waals surface area (Å²) in [5.41, 5.74) is 1.19. The van der Waals surface area contributed by atoms with Crippen molar-refractivity contribution >= 4 is 52.2 Å². The van der Waals surface area contributed by atoms with Gasteiger partial charge in [-0.15, -0.1) is 11.3 Å². The summed E-state index contributed by atoms with van der Waals surface area (Å²) in [5, 5.41) is 2.78. The lowest BCUT2D eigenvalue weighted by molar-refractivity contribution is -0.125. The van der Waals surface area contributed by atoms with E-state index in [2.05, 4.69) is 5.32 Å². The zero-order valence-electron chi connectivity index (χ0n) is 19.4. The number of halogens is 1. The van der Waals surface area contributed by atoms with Crippen molar-refractivity contribution in [2.45, 2.75) is 25.0 Å². The number of nitrogens with zero attached hydrogens (tertiary/aromatic N) is 2. The molecule has 1 aliphatic carbocycles. The Balaban J connectivity index is 1.27. The highest BCUT2D eigenvalue weighted by Gasteiger charge is 2.35. The highest BCUT2D eigenvalue weighted by atomic mass is 35.5. The second-order valence-corrected chi connectivity index (χ2v) is 10.3. The van der Waals surface area contributed by atoms with Crippen LogP contribution in [0.2, 0.25) is 4.34 Å². The molecule has 2 saturated heterocycles. The standard InChI is InChI=1S/C24H26ClN3O7S/c25-21-6-5-20(36-21)23(30)26-12-17-13-28(24(31)35-17)18-4-1-15(27-7-8-32-14-22(27)29)11-19(18)34-10-9-33-16-2-3-16/h1,4-6,11,16-17H,2-3,7-10,12-14H2,(H,26,30)/t17-/m0/s1. The number of amides is 3. The molecule has 3 heterocycles. The number of ether oxygens (including phenoxy) is 4. The van der Waals surface area contributed by atoms with Gasteiger partial charge in [0.15, 0.2) is 0 Å². The zero-order valence-corrected chi connectivity index (χ0v) is 21.0. The van der Waals surface area contributed by atoms with Crippen LogP contribution in [0.5, 0.6) is 5.75 Å². The Morgan fingerprint density at radius 1 is 1.17 bits per heavy atom. The van der Waals surface area contributed by atoms with Gasteiger partial charge in [0.25, 0.3) is 11.8 Å². The predicted molar refractivity (Wildman–Crippen MR) is 133 cm³/mol. The van der Waals surface area contributed by atoms with Crippen LogP contribution in [-0.4, -0.2) is 76.2 Å². The molecule has 1 saturated carbocycles. The molecule has 0 spiro atoms. The molecular weight excluding hydrogens is 510 g/mol. The molecule has 0 unspecified atom stereocenters. The fourth-order valence-corrected chi connectivity index (χ4v) is 4.92. The summed E-state index contributed by atoms with van der Waals surface area (Å²) in [5.74, 6) is 0.0297. The Hall–Kier alpha value is -2.86. The van der Waals surface area contributed by atoms with Crippen LogP contribution >= 0.6 is 22.9 Å². The van der Waals surface area contributed by atoms with E-state index in [4.69, 9.17) is 30.5 Å². The van der Waals surface area contributed by atoms with Crippen molar-refractivity contribution in [2.75, 3.05) is 55.9 Å². The monoisotopic (exact) mass is 535 g/mol. The number of carbonyl (C=O) groups excluding carboxylic acids is 3. The Bertz CT molecular complexity index is 1140. The summed E-state index contributed by atoms with van der Waals surface area (Å²) in [6.07, 6.45) is 1.36. The van der Waals surface area contributed by atoms with Gasteiger partial charge in [-0.2, -0.15) is 0 Å². The zero-order chi connectivity index (χ0) is 25.1. The third-order valence-electron chi connectivity index (χ3n) is 5.91. The number of hydrogen-bond acceptors (Lipinski definition) is 8. The van der Waals surface area contributed by atoms with Crippen molar-refractivity contribution in [1.82, 2.24) is 5.32 Å². The molecular formula is C24H26ClN3O7S. The van der Waals surface area contributed by atoms with Gasteiger partial charge in [0.1, 0.15) is 25.1 Å². The summed E-state index contributed by atoms with van der Waals surface area (Å²) < 4.78 is 22.9. The molecule has 3 aliphatic rings. The Labute approximate surface area is 217 Å². The molecule has 12 heteroatoms. The third kappa shape index (κ3) is 5.92. The highest BCUT2D eigenvalue weighted by Crippen LogP contribution is 2.36. The molecule has 5 rings (SSSR count). The van der Waals surface area contributed by atoms with Crippen molar-refractivity contribution in [2.24, 2.45) is 0 Å². The van der Waals surface area contributed by atoms with Gasteiger partial charge in [-0.05, 0) is 37.1 Å². The smallest absolute Gasteiger partial charge is 0.414 e. The third-order valence-corrected chi connectivity index (χ3v) is 7.14. The normalized spacial score (nSPS) is 20.0. The Morgan fingerprint density at radius 3 is 2.78 bits per heavy atom. The Kier molecular flexibility index (Phi) is 7.61. The van der Waals surface area contributed by atoms with Crippen molar-refractivity contribution in [1.29, 1.82) is 0 Å². The maximum atomic E-state index is 12.7. The predicted octanol–water partition coefficient (Wildman–Crippen LogP) is 3.08. The van der Waals surface area contributed by atoms with Gasteiger partial charge in [0.2, 0.25) is 0 Å². The van der Waals surface area contributed by atoms with Crippen LogP contribution in [0.4, 0.5) is 16.2 Å². The number of rotatable bonds is 10. The van der Waals surface area contributed by atoms with Crippen molar-refractivity contribution in [3.63, 3.8) is 0 Å². The van der Waals surface area contributed by atoms with Crippen molar-refractivity contribution < 1.29 is 33.3 Å². The SMILES string of the molecule is O=C(NC[C@H]1CN(c2ccc(N3CCOCC3=O)cc2OCCOC2CC2)C(=O)O1)c1ccc(Cl)s1. The quantitative estimate of drug-likeness (QED) is 0.466. The van der Waals surface area contributed by atoms with E-state index in [1.54, 1.807) is 35.2 Å². The second kappa shape index (κ2) is 11.0. The maximum Gasteiger partial charge on any atom is 0.414 e. The summed E-state index contributed by atoms with van der Waals surface area (Å²) in [4.78, 5) is 41.0. The lowest BCUT2D eigenvalue weighted by Crippen LogP contribution is -2.41. The first-order valence-electron chi connectivity index (χ1n) is 11.8. The number of carbonyl (C=O) groups is 3. The van der Waals surface area contributed by atoms with Crippen LogP contribution in [0.15, 0.2) is 30.3 Å². The van der Waals surface area contributed by atoms with Gasteiger partial charge in [-0.1, -0.05) is 11.6 Å². The van der Waals surface area contributed by atoms with Crippen LogP contribution in [0.25, 0.3) is 0 Å². The number of morpholine rings is 1. The van der Waals surface area contributed by atoms with E-state index in [1.165, 1.54) is 16.2 Å². The minimum atomic E-state index is -0.539. The first-order chi connectivity index (χ1) is 17.5. The molecule has 192 valence electrons. The van der Waals surface area contributed by atoms with Crippen LogP contribution in [-0.2, 0) is 19.0 Å². The number of thiophene rings is 1. The minimum Gasteiger partial charge on any atom is -0.489 e. The van der Waals surface area contributed by atoms with Gasteiger partial charge in [-0.25, -0.2) is 4.79 Å². The van der Waals surface area contributed by atoms with E-state index in [0.29, 0.717) is 58.8 Å². The Morgan fingerprint density at radius 2 is 2.03 bits per heavy atom. The van der Waals surface area contributed by atoms with E-state index in [0.717, 1.165) is 12.8 Å². The van der Waals surface area contributed by atoms with Crippen molar-refractivity contribution in [3.8, 4) is 5.75 Å². The molecule has 10 nitrogen and oxygen atoms in total. The molecule has 1 aromatic heterocycles. The molecule has 0 bridgehead atoms. The average molecular weight is 536 g/mol. The first-order valence-corrected chi connectivity index (χ1v) is 13.0. The molecule has 3 amide bonds. The number of cyclic esters (lactones) is 1. The topological polar surface area (TPSA) is 107 Å². The summed E-state index contributed by atoms with van der Waals surface area (Å²) >= 11 is 7.08. The highest BCUT2D eigenvalue weighted by molar-refractivity contribution is 7.18. The fraction of sp³-hybridized carbons (Fsp3) is 0.458. The molecule has 36 heavy (non-hydrogen) atoms. The molecule has 2 aliphatic heterocycles. The molecule has 1 atom stereocenters. The molecule has 1 aromatic carbocycles. The molecule has 0 radical (unpaired) electrons. The minimum absolute atomic E-state index is 0.0245. The van der Waals surface area contributed by atoms with Gasteiger partial charge >= 0.3 is 6.09 Å². The van der Waals surface area contributed by atoms with Crippen LogP contribution < -0.4 is 19.9 Å². The van der Waals surface area contributed by atoms with E-state index in [1.807, 2.05) is 0 Å². The van der Waals surface area contributed by atoms with E-state index >= 15 is 0 Å². The number of nitrogens with one attached hydrogen (secondary N) is 1. The van der Waals surface area contributed by atoms with E-state index < -0.39 is 12.2 Å². The lowest BCUT2D eigenvalue weighted by Gasteiger charge is -2.28. The fourth-order valence-electron chi connectivity index (χ4n) is 3.96. The number of benzene rings is 1. The van der Waals surface area contributed by atoms with Gasteiger partial charge in [-0.3, -0.25) is 14.5 Å². The molecule has 3 fully saturated rings. The van der Waals surface area contributed by atoms with E-state index in [9.17, 15) is 14.4 Å². The lowest BCUT2D eigenvalue weighted by atomic mass is 10.2. The average Bonchev–Trinajstić information content (AvgIpc) is 3.48. The van der Waals surface area contributed by atoms with E-state index in [-0.39, 0.29) is 31.5 Å². The van der Waals surface area contributed by atoms with Gasteiger partial charge < -0.3 is 29.2 Å². The maximum absolute atomic E-state index is 12.7. The van der Waals surface area contributed by atoms with Gasteiger partial charge in [0, 0.05) is 18.3 Å². The largest absolute Gasteiger partial charge is 0.489 e. The number of hydrogen-bond donors (Lipinski definition) is 1. The van der Waals surface area contributed by atoms with Crippen LogP contribution in [0, 0.1) is 0 Å². The second-order valence-electron chi connectivity index (χ2n) is 8.60. The van der Waals surface area contributed by atoms with Crippen LogP contribution in [0.3, 0.4) is 0 Å². The molecule has 1 N–H and O–H groups in total. The number of anilines is 2. The van der Waals surface area contributed by atoms with Crippen LogP contribution in [0.1, 0.15) is 22.5 Å². The van der Waals surface area contributed by atoms with Crippen molar-refractivity contribution in [3.05, 3.63) is 39.5 Å². The molecule has 2 aromatic rings. The summed E-state index contributed by atoms with van der Waals surface area (Å²) in [7, 11) is 0. The summed E-state index contributed by atoms with van der Waals surface area (Å²) in [6, 6.07) is 8.56.